The minimum atomic E-state index is -5.09. The lowest BCUT2D eigenvalue weighted by Gasteiger charge is -2.26. The molecule has 0 saturated carbocycles. The molecule has 3 aromatic rings. The molecule has 15 nitrogen and oxygen atoms in total. The number of ether oxygens (including phenoxy) is 1. The number of nitro groups is 2. The van der Waals surface area contributed by atoms with Crippen LogP contribution in [-0.2, 0) is 6.18 Å². The molecule has 4 rings (SSSR count). The summed E-state index contributed by atoms with van der Waals surface area (Å²) in [4.78, 5) is 28.9. The highest BCUT2D eigenvalue weighted by Crippen LogP contribution is 2.45. The van der Waals surface area contributed by atoms with Gasteiger partial charge in [-0.1, -0.05) is 12.1 Å². The highest BCUT2D eigenvalue weighted by atomic mass is 19.4. The number of guanidine groups is 1. The van der Waals surface area contributed by atoms with Gasteiger partial charge in [0.25, 0.3) is 5.75 Å². The zero-order valence-corrected chi connectivity index (χ0v) is 19.6. The number of rotatable bonds is 5. The lowest BCUT2D eigenvalue weighted by molar-refractivity contribution is -0.396. The zero-order valence-electron chi connectivity index (χ0n) is 19.6. The van der Waals surface area contributed by atoms with Crippen molar-refractivity contribution in [2.45, 2.75) is 12.2 Å². The Kier molecular flexibility index (Phi) is 6.68. The predicted octanol–water partition coefficient (Wildman–Crippen LogP) is 3.69. The SMILES string of the molecule is N#CNC1=NC(c2ccc(Oc3c([N+](=O)[O-])cc(C(F)(F)F)cc3[N+](=O)[O-])cc2)c2c(nc(N)c(C#N)c2N)N1. The van der Waals surface area contributed by atoms with E-state index < -0.39 is 44.8 Å². The van der Waals surface area contributed by atoms with Gasteiger partial charge in [0.15, 0.2) is 6.19 Å². The van der Waals surface area contributed by atoms with E-state index >= 15 is 0 Å². The number of hydrogen-bond acceptors (Lipinski definition) is 13. The molecule has 0 saturated heterocycles. The number of anilines is 3. The summed E-state index contributed by atoms with van der Waals surface area (Å²) in [5.74, 6) is -1.32. The molecule has 40 heavy (non-hydrogen) atoms. The molecule has 1 unspecified atom stereocenters. The van der Waals surface area contributed by atoms with Crippen LogP contribution in [0.5, 0.6) is 11.5 Å². The number of nitrogens with one attached hydrogen (secondary N) is 2. The third-order valence-electron chi connectivity index (χ3n) is 5.54. The van der Waals surface area contributed by atoms with Gasteiger partial charge >= 0.3 is 17.6 Å². The maximum absolute atomic E-state index is 13.2. The van der Waals surface area contributed by atoms with Crippen LogP contribution in [0.25, 0.3) is 0 Å². The van der Waals surface area contributed by atoms with E-state index in [2.05, 4.69) is 20.6 Å². The summed E-state index contributed by atoms with van der Waals surface area (Å²) in [6, 6.07) is 6.36. The molecule has 1 aliphatic rings. The predicted molar refractivity (Wildman–Crippen MR) is 131 cm³/mol. The highest BCUT2D eigenvalue weighted by molar-refractivity contribution is 5.98. The Morgan fingerprint density at radius 3 is 2.17 bits per heavy atom. The van der Waals surface area contributed by atoms with Crippen LogP contribution in [0.15, 0.2) is 41.4 Å². The first kappa shape index (κ1) is 26.9. The number of hydrogen-bond donors (Lipinski definition) is 4. The van der Waals surface area contributed by atoms with Crippen LogP contribution in [0.1, 0.15) is 28.3 Å². The Morgan fingerprint density at radius 2 is 1.68 bits per heavy atom. The van der Waals surface area contributed by atoms with Crippen LogP contribution in [0, 0.1) is 43.0 Å². The standard InChI is InChI=1S/C22H13F3N10O5/c23-22(24,25)10-5-13(34(36)37)18(14(6-10)35(38)39)40-11-3-1-9(2-4-11)17-15-16(28)12(7-26)19(29)32-20(15)33-21(31-17)30-8-27/h1-6,17H,(H6,28,29,30,31,32,33). The Balaban J connectivity index is 1.78. The quantitative estimate of drug-likeness (QED) is 0.153. The number of nitrogens with zero attached hydrogens (tertiary/aromatic N) is 6. The van der Waals surface area contributed by atoms with E-state index in [1.54, 1.807) is 6.19 Å². The summed E-state index contributed by atoms with van der Waals surface area (Å²) in [6.45, 7) is 0. The van der Waals surface area contributed by atoms with Gasteiger partial charge in [0.05, 0.1) is 21.1 Å². The van der Waals surface area contributed by atoms with Crippen LogP contribution >= 0.6 is 0 Å². The molecule has 0 bridgehead atoms. The first-order valence-electron chi connectivity index (χ1n) is 10.7. The lowest BCUT2D eigenvalue weighted by Crippen LogP contribution is -2.32. The number of nitrogens with two attached hydrogens (primary N) is 2. The Bertz CT molecular complexity index is 1640. The average Bonchev–Trinajstić information content (AvgIpc) is 2.88. The van der Waals surface area contributed by atoms with E-state index in [-0.39, 0.29) is 52.3 Å². The van der Waals surface area contributed by atoms with Gasteiger partial charge in [-0.05, 0) is 17.7 Å². The molecular formula is C22H13F3N10O5. The van der Waals surface area contributed by atoms with Crippen LogP contribution in [0.3, 0.4) is 0 Å². The summed E-state index contributed by atoms with van der Waals surface area (Å²) in [7, 11) is 0. The number of nitrogen functional groups attached to an aromatic ring is 2. The Morgan fingerprint density at radius 1 is 1.07 bits per heavy atom. The normalized spacial score (nSPS) is 14.0. The lowest BCUT2D eigenvalue weighted by atomic mass is 9.95. The number of benzene rings is 2. The van der Waals surface area contributed by atoms with Crippen molar-refractivity contribution in [3.63, 3.8) is 0 Å². The minimum absolute atomic E-state index is 0.0349. The maximum atomic E-state index is 13.2. The van der Waals surface area contributed by atoms with Crippen molar-refractivity contribution in [3.8, 4) is 23.8 Å². The topological polar surface area (TPSA) is 244 Å². The number of nitro benzene ring substituents is 2. The summed E-state index contributed by atoms with van der Waals surface area (Å²) >= 11 is 0. The molecule has 18 heteroatoms. The molecule has 2 heterocycles. The molecular weight excluding hydrogens is 541 g/mol. The zero-order chi connectivity index (χ0) is 29.4. The van der Waals surface area contributed by atoms with Gasteiger partial charge in [0.2, 0.25) is 5.96 Å². The highest BCUT2D eigenvalue weighted by Gasteiger charge is 2.39. The van der Waals surface area contributed by atoms with Crippen molar-refractivity contribution in [3.05, 3.63) is 78.9 Å². The number of aliphatic imine (C=N–C) groups is 1. The second kappa shape index (κ2) is 9.95. The summed E-state index contributed by atoms with van der Waals surface area (Å²) in [6.07, 6.45) is -3.41. The summed E-state index contributed by atoms with van der Waals surface area (Å²) in [5.41, 5.74) is 8.27. The third kappa shape index (κ3) is 4.87. The van der Waals surface area contributed by atoms with Gasteiger partial charge in [-0.3, -0.25) is 25.5 Å². The average molecular weight is 554 g/mol. The second-order valence-electron chi connectivity index (χ2n) is 7.93. The van der Waals surface area contributed by atoms with Crippen LogP contribution in [0.4, 0.5) is 41.9 Å². The van der Waals surface area contributed by atoms with Crippen molar-refractivity contribution < 1.29 is 27.8 Å². The number of alkyl halides is 3. The van der Waals surface area contributed by atoms with Crippen LogP contribution in [0.2, 0.25) is 0 Å². The van der Waals surface area contributed by atoms with Crippen LogP contribution in [-0.4, -0.2) is 20.8 Å². The monoisotopic (exact) mass is 554 g/mol. The van der Waals surface area contributed by atoms with E-state index in [0.717, 1.165) is 0 Å². The molecule has 202 valence electrons. The third-order valence-corrected chi connectivity index (χ3v) is 5.54. The van der Waals surface area contributed by atoms with Crippen molar-refractivity contribution in [2.24, 2.45) is 4.99 Å². The van der Waals surface area contributed by atoms with Gasteiger partial charge < -0.3 is 21.5 Å². The first-order valence-corrected chi connectivity index (χ1v) is 10.7. The molecule has 1 aromatic heterocycles. The molecule has 0 fully saturated rings. The fourth-order valence-corrected chi connectivity index (χ4v) is 3.80. The fourth-order valence-electron chi connectivity index (χ4n) is 3.80. The molecule has 6 N–H and O–H groups in total. The van der Waals surface area contributed by atoms with E-state index in [9.17, 15) is 38.7 Å². The minimum Gasteiger partial charge on any atom is -0.444 e. The molecule has 1 aliphatic heterocycles. The van der Waals surface area contributed by atoms with E-state index in [0.29, 0.717) is 5.56 Å². The molecule has 2 aromatic carbocycles. The second-order valence-corrected chi connectivity index (χ2v) is 7.93. The molecule has 0 amide bonds. The smallest absolute Gasteiger partial charge is 0.416 e. The maximum Gasteiger partial charge on any atom is 0.416 e. The number of pyridine rings is 1. The van der Waals surface area contributed by atoms with Gasteiger partial charge in [-0.2, -0.15) is 23.7 Å². The van der Waals surface area contributed by atoms with Crippen molar-refractivity contribution in [1.82, 2.24) is 10.3 Å². The van der Waals surface area contributed by atoms with E-state index in [4.69, 9.17) is 21.5 Å². The van der Waals surface area contributed by atoms with Crippen molar-refractivity contribution >= 4 is 34.7 Å². The van der Waals surface area contributed by atoms with Crippen molar-refractivity contribution in [1.29, 1.82) is 10.5 Å². The van der Waals surface area contributed by atoms with Gasteiger partial charge in [-0.25, -0.2) is 9.98 Å². The number of halogens is 3. The molecule has 0 spiro atoms. The Labute approximate surface area is 220 Å². The van der Waals surface area contributed by atoms with Gasteiger partial charge in [0, 0.05) is 17.7 Å². The number of fused-ring (bicyclic) bond motifs is 1. The first-order chi connectivity index (χ1) is 18.8. The Hall–Kier alpha value is -6.17. The van der Waals surface area contributed by atoms with Gasteiger partial charge in [-0.15, -0.1) is 0 Å². The summed E-state index contributed by atoms with van der Waals surface area (Å²) in [5, 5.41) is 46.4. The van der Waals surface area contributed by atoms with Gasteiger partial charge in [0.1, 0.15) is 35.1 Å². The van der Waals surface area contributed by atoms with E-state index in [1.165, 1.54) is 24.3 Å². The van der Waals surface area contributed by atoms with Crippen LogP contribution < -0.4 is 26.8 Å². The number of aromatic nitrogens is 1. The van der Waals surface area contributed by atoms with E-state index in [1.807, 2.05) is 6.07 Å². The summed E-state index contributed by atoms with van der Waals surface area (Å²) < 4.78 is 44.8. The number of nitriles is 2. The fraction of sp³-hybridized carbons (Fsp3) is 0.0909. The molecule has 1 atom stereocenters. The largest absolute Gasteiger partial charge is 0.444 e. The molecule has 0 aliphatic carbocycles. The molecule has 0 radical (unpaired) electrons. The van der Waals surface area contributed by atoms with Crippen molar-refractivity contribution in [2.75, 3.05) is 16.8 Å².